The fourth-order valence-corrected chi connectivity index (χ4v) is 8.59. The first-order valence-electron chi connectivity index (χ1n) is 19.4. The molecular formula is C36H44N7O23P3. The number of phosphoric ester groups is 1. The number of aliphatic hydroxyl groups excluding tert-OH is 1. The van der Waals surface area contributed by atoms with Gasteiger partial charge in [-0.25, -0.2) is 28.1 Å². The molecule has 1 aromatic heterocycles. The number of aromatic carboxylic acids is 2. The van der Waals surface area contributed by atoms with Crippen molar-refractivity contribution in [3.05, 3.63) is 87.0 Å². The zero-order chi connectivity index (χ0) is 51.1. The molecule has 1 fully saturated rings. The minimum absolute atomic E-state index is 0.00634. The number of ether oxygens (including phenoxy) is 4. The average Bonchev–Trinajstić information content (AvgIpc) is 3.63. The minimum Gasteiger partial charge on any atom is -0.489 e. The number of aliphatic hydroxyl groups is 1. The van der Waals surface area contributed by atoms with Gasteiger partial charge in [-0.1, -0.05) is 17.9 Å². The fraction of sp³-hybridized carbons (Fsp3) is 0.361. The Hall–Kier alpha value is -5.96. The maximum atomic E-state index is 12.7. The van der Waals surface area contributed by atoms with Crippen molar-refractivity contribution in [2.75, 3.05) is 58.4 Å². The molecule has 30 nitrogen and oxygen atoms in total. The van der Waals surface area contributed by atoms with Crippen LogP contribution >= 0.6 is 23.5 Å². The Bertz CT molecular complexity index is 2620. The Kier molecular flexibility index (Phi) is 20.2. The summed E-state index contributed by atoms with van der Waals surface area (Å²) in [5.41, 5.74) is 10.0. The smallest absolute Gasteiger partial charge is 0.489 e. The predicted octanol–water partition coefficient (Wildman–Crippen LogP) is -1.76. The largest absolute Gasteiger partial charge is 0.490 e. The molecule has 1 saturated heterocycles. The number of amides is 3. The van der Waals surface area contributed by atoms with Crippen LogP contribution in [-0.4, -0.2) is 145 Å². The monoisotopic (exact) mass is 1040 g/mol. The van der Waals surface area contributed by atoms with Gasteiger partial charge in [-0.2, -0.15) is 13.6 Å². The van der Waals surface area contributed by atoms with E-state index in [0.717, 1.165) is 29.0 Å². The Morgan fingerprint density at radius 2 is 1.52 bits per heavy atom. The van der Waals surface area contributed by atoms with Gasteiger partial charge in [0.2, 0.25) is 5.91 Å². The van der Waals surface area contributed by atoms with Crippen LogP contribution in [0.15, 0.2) is 53.5 Å². The number of benzene rings is 2. The van der Waals surface area contributed by atoms with Crippen LogP contribution < -0.4 is 37.8 Å². The second kappa shape index (κ2) is 25.1. The van der Waals surface area contributed by atoms with E-state index in [0.29, 0.717) is 0 Å². The number of phosphoric acid groups is 3. The lowest BCUT2D eigenvalue weighted by atomic mass is 10.1. The highest BCUT2D eigenvalue weighted by molar-refractivity contribution is 7.66. The Morgan fingerprint density at radius 3 is 2.16 bits per heavy atom. The van der Waals surface area contributed by atoms with E-state index in [1.54, 1.807) is 12.1 Å². The van der Waals surface area contributed by atoms with Crippen LogP contribution in [-0.2, 0) is 45.8 Å². The number of nitrogens with zero attached hydrogens (tertiary/aromatic N) is 2. The van der Waals surface area contributed by atoms with Gasteiger partial charge in [0.15, 0.2) is 0 Å². The summed E-state index contributed by atoms with van der Waals surface area (Å²) in [4.78, 5) is 112. The van der Waals surface area contributed by atoms with Gasteiger partial charge in [-0.3, -0.25) is 23.5 Å². The molecule has 3 aromatic rings. The zero-order valence-corrected chi connectivity index (χ0v) is 38.0. The molecule has 0 spiro atoms. The summed E-state index contributed by atoms with van der Waals surface area (Å²) in [6.07, 6.45) is -4.28. The molecule has 4 rings (SSSR count). The van der Waals surface area contributed by atoms with E-state index in [9.17, 15) is 67.6 Å². The van der Waals surface area contributed by atoms with Crippen LogP contribution in [0.1, 0.15) is 59.6 Å². The Balaban J connectivity index is 1.12. The molecule has 376 valence electrons. The van der Waals surface area contributed by atoms with E-state index in [1.165, 1.54) is 12.1 Å². The Labute approximate surface area is 388 Å². The van der Waals surface area contributed by atoms with Crippen molar-refractivity contribution in [3.63, 3.8) is 0 Å². The fourth-order valence-electron chi connectivity index (χ4n) is 5.56. The molecule has 2 heterocycles. The van der Waals surface area contributed by atoms with E-state index >= 15 is 0 Å². The summed E-state index contributed by atoms with van der Waals surface area (Å²) >= 11 is 0. The van der Waals surface area contributed by atoms with Gasteiger partial charge in [0.25, 0.3) is 11.8 Å². The summed E-state index contributed by atoms with van der Waals surface area (Å²) < 4.78 is 68.8. The molecule has 2 aromatic carbocycles. The number of carbonyl (C=O) groups excluding carboxylic acids is 3. The maximum absolute atomic E-state index is 12.7. The normalized spacial score (nSPS) is 17.8. The molecular weight excluding hydrogens is 991 g/mol. The summed E-state index contributed by atoms with van der Waals surface area (Å²) in [7, 11) is -16.9. The van der Waals surface area contributed by atoms with Crippen LogP contribution in [0.3, 0.4) is 0 Å². The lowest BCUT2D eigenvalue weighted by Gasteiger charge is -2.19. The molecule has 0 saturated carbocycles. The van der Waals surface area contributed by atoms with E-state index in [-0.39, 0.29) is 85.3 Å². The highest BCUT2D eigenvalue weighted by Gasteiger charge is 2.43. The number of hydrogen-bond acceptors (Lipinski definition) is 20. The number of nitrogens with one attached hydrogen (secondary N) is 3. The molecule has 14 N–H and O–H groups in total. The molecule has 3 amide bonds. The van der Waals surface area contributed by atoms with E-state index in [2.05, 4.69) is 45.9 Å². The number of hydrogen-bond donors (Lipinski definition) is 12. The maximum Gasteiger partial charge on any atom is 0.490 e. The van der Waals surface area contributed by atoms with Crippen molar-refractivity contribution < 1.29 is 105 Å². The van der Waals surface area contributed by atoms with Gasteiger partial charge < -0.3 is 81.3 Å². The first kappa shape index (κ1) is 55.6. The van der Waals surface area contributed by atoms with Gasteiger partial charge >= 0.3 is 41.1 Å². The standard InChI is InChI=1S/C36H44N7O23P3/c37-28(18-62-25-5-1-3-20(14-25)32(46)40-7-8-41-33(47)22-11-23(34(48)49)13-24(12-22)35(50)51)61-10-9-60-19-29(45)39-6-2-4-21-16-43(36(52)42-31(21)38)30-15-26(44)27(64-30)17-63-68(56,57)66-69(58,59)65-67(53,54)55/h1,3,5,11-14,16,26-28,30,44H,6-10,15,17-19,37H2,(H,39,45)(H,40,46)(H,41,47)(H,48,49)(H,50,51)(H,56,57)(H,58,59)(H2,38,42,52)(H2,53,54,55)/t26-,27+,28?,30+/m0/s1. The average molecular weight is 1040 g/mol. The van der Waals surface area contributed by atoms with Crippen LogP contribution in [0, 0.1) is 11.8 Å². The van der Waals surface area contributed by atoms with Gasteiger partial charge in [0, 0.05) is 36.8 Å². The molecule has 3 unspecified atom stereocenters. The summed E-state index contributed by atoms with van der Waals surface area (Å²) in [6, 6.07) is 9.01. The van der Waals surface area contributed by atoms with Crippen molar-refractivity contribution in [2.45, 2.75) is 31.1 Å². The minimum atomic E-state index is -5.79. The van der Waals surface area contributed by atoms with E-state index < -0.39 is 96.7 Å². The third-order valence-electron chi connectivity index (χ3n) is 8.60. The molecule has 6 atom stereocenters. The summed E-state index contributed by atoms with van der Waals surface area (Å²) in [6.45, 7) is -1.93. The number of carboxylic acids is 2. The second-order valence-electron chi connectivity index (χ2n) is 13.8. The number of rotatable bonds is 25. The Morgan fingerprint density at radius 1 is 0.884 bits per heavy atom. The van der Waals surface area contributed by atoms with E-state index in [1.807, 2.05) is 0 Å². The second-order valence-corrected chi connectivity index (χ2v) is 18.3. The van der Waals surface area contributed by atoms with Gasteiger partial charge in [0.05, 0.1) is 49.2 Å². The van der Waals surface area contributed by atoms with Gasteiger partial charge in [0.1, 0.15) is 43.3 Å². The van der Waals surface area contributed by atoms with Crippen molar-refractivity contribution in [2.24, 2.45) is 5.73 Å². The lowest BCUT2D eigenvalue weighted by Crippen LogP contribution is -2.35. The third-order valence-corrected chi connectivity index (χ3v) is 12.4. The van der Waals surface area contributed by atoms with Crippen LogP contribution in [0.5, 0.6) is 5.75 Å². The molecule has 1 aliphatic heterocycles. The number of nitrogens with two attached hydrogens (primary N) is 2. The molecule has 1 aliphatic rings. The van der Waals surface area contributed by atoms with Crippen LogP contribution in [0.4, 0.5) is 5.82 Å². The van der Waals surface area contributed by atoms with Crippen molar-refractivity contribution >= 4 is 58.9 Å². The van der Waals surface area contributed by atoms with Crippen molar-refractivity contribution in [3.8, 4) is 17.6 Å². The highest BCUT2D eigenvalue weighted by Crippen LogP contribution is 2.66. The number of nitrogen functional groups attached to an aromatic ring is 1. The molecule has 33 heteroatoms. The van der Waals surface area contributed by atoms with Gasteiger partial charge in [-0.05, 0) is 36.4 Å². The molecule has 69 heavy (non-hydrogen) atoms. The topological polar surface area (TPSA) is 466 Å². The number of carbonyl (C=O) groups is 5. The summed E-state index contributed by atoms with van der Waals surface area (Å²) in [5.74, 6) is 0.518. The third kappa shape index (κ3) is 18.8. The number of carboxylic acid groups (broad SMARTS) is 2. The predicted molar refractivity (Wildman–Crippen MR) is 229 cm³/mol. The molecule has 0 bridgehead atoms. The van der Waals surface area contributed by atoms with Crippen molar-refractivity contribution in [1.82, 2.24) is 25.5 Å². The first-order valence-corrected chi connectivity index (χ1v) is 24.0. The number of anilines is 1. The highest BCUT2D eigenvalue weighted by atomic mass is 31.3. The first-order chi connectivity index (χ1) is 32.3. The summed E-state index contributed by atoms with van der Waals surface area (Å²) in [5, 5.41) is 36.3. The van der Waals surface area contributed by atoms with Crippen LogP contribution in [0.2, 0.25) is 0 Å². The molecule has 0 radical (unpaired) electrons. The lowest BCUT2D eigenvalue weighted by molar-refractivity contribution is -0.126. The quantitative estimate of drug-likeness (QED) is 0.0193. The van der Waals surface area contributed by atoms with E-state index in [4.69, 9.17) is 40.2 Å². The van der Waals surface area contributed by atoms with Crippen molar-refractivity contribution in [1.29, 1.82) is 0 Å². The van der Waals surface area contributed by atoms with Gasteiger partial charge in [-0.15, -0.1) is 0 Å². The SMILES string of the molecule is Nc1nc(=O)n([C@H]2C[C@H](O)[C@@H](COP(=O)(O)OP(=O)(O)OP(=O)(O)O)O2)cc1C#CCNC(=O)COCCOC(N)COc1cccc(C(=O)NCCNC(=O)c2cc(C(=O)O)cc(C(=O)O)c2)c1. The van der Waals surface area contributed by atoms with Crippen LogP contribution in [0.25, 0.3) is 0 Å². The zero-order valence-electron chi connectivity index (χ0n) is 35.3. The number of aromatic nitrogens is 2. The molecule has 0 aliphatic carbocycles.